The summed E-state index contributed by atoms with van der Waals surface area (Å²) in [7, 11) is 0. The number of fused-ring (bicyclic) bond motifs is 2. The van der Waals surface area contributed by atoms with Crippen LogP contribution in [0.4, 0.5) is 29.3 Å². The second-order valence-corrected chi connectivity index (χ2v) is 6.10. The molecule has 1 aliphatic rings. The predicted octanol–water partition coefficient (Wildman–Crippen LogP) is 5.44. The van der Waals surface area contributed by atoms with Crippen molar-refractivity contribution in [1.29, 1.82) is 0 Å². The molecule has 28 heavy (non-hydrogen) atoms. The fraction of sp³-hybridized carbons (Fsp3) is 0.100. The molecule has 0 spiro atoms. The van der Waals surface area contributed by atoms with Gasteiger partial charge in [0.05, 0.1) is 17.8 Å². The molecule has 0 bridgehead atoms. The van der Waals surface area contributed by atoms with Gasteiger partial charge in [0, 0.05) is 11.8 Å². The van der Waals surface area contributed by atoms with Crippen molar-refractivity contribution in [3.8, 4) is 11.6 Å². The van der Waals surface area contributed by atoms with Gasteiger partial charge in [-0.15, -0.1) is 0 Å². The maximum Gasteiger partial charge on any atom is 0.418 e. The van der Waals surface area contributed by atoms with Crippen LogP contribution in [0.1, 0.15) is 11.1 Å². The van der Waals surface area contributed by atoms with Gasteiger partial charge in [0.2, 0.25) is 5.88 Å². The van der Waals surface area contributed by atoms with E-state index < -0.39 is 17.8 Å². The minimum absolute atomic E-state index is 0.120. The Morgan fingerprint density at radius 3 is 2.61 bits per heavy atom. The number of carbonyl (C=O) groups is 1. The maximum absolute atomic E-state index is 13.2. The molecule has 0 unspecified atom stereocenters. The van der Waals surface area contributed by atoms with Crippen LogP contribution < -0.4 is 15.0 Å². The van der Waals surface area contributed by atoms with Crippen LogP contribution in [0.5, 0.6) is 11.6 Å². The number of hydrogen-bond acceptors (Lipinski definition) is 3. The van der Waals surface area contributed by atoms with Gasteiger partial charge in [0.15, 0.2) is 0 Å². The summed E-state index contributed by atoms with van der Waals surface area (Å²) >= 11 is 0. The van der Waals surface area contributed by atoms with Gasteiger partial charge >= 0.3 is 12.2 Å². The molecule has 2 amide bonds. The Kier molecular flexibility index (Phi) is 4.38. The highest BCUT2D eigenvalue weighted by molar-refractivity contribution is 6.03. The Hall–Kier alpha value is -3.55. The van der Waals surface area contributed by atoms with Crippen LogP contribution in [-0.4, -0.2) is 11.0 Å². The molecule has 3 aromatic rings. The molecule has 1 aliphatic heterocycles. The lowest BCUT2D eigenvalue weighted by atomic mass is 10.1. The standard InChI is InChI=1S/C20H14F3N3O2/c21-20(22,23)14-7-2-3-8-15(14)25-19(27)26-12-13-6-1-4-10-17(13)28-18-16(26)9-5-11-24-18/h1-11H,12H2,(H,25,27). The second kappa shape index (κ2) is 6.88. The summed E-state index contributed by atoms with van der Waals surface area (Å²) in [4.78, 5) is 18.4. The minimum Gasteiger partial charge on any atom is -0.437 e. The summed E-state index contributed by atoms with van der Waals surface area (Å²) < 4.78 is 45.5. The van der Waals surface area contributed by atoms with Crippen LogP contribution >= 0.6 is 0 Å². The van der Waals surface area contributed by atoms with E-state index in [-0.39, 0.29) is 18.1 Å². The number of carbonyl (C=O) groups excluding carboxylic acids is 1. The average Bonchev–Trinajstić information content (AvgIpc) is 2.84. The van der Waals surface area contributed by atoms with E-state index in [0.29, 0.717) is 17.0 Å². The molecule has 0 radical (unpaired) electrons. The fourth-order valence-corrected chi connectivity index (χ4v) is 2.96. The van der Waals surface area contributed by atoms with Gasteiger partial charge in [0.25, 0.3) is 0 Å². The van der Waals surface area contributed by atoms with E-state index in [4.69, 9.17) is 4.74 Å². The number of ether oxygens (including phenoxy) is 1. The van der Waals surface area contributed by atoms with Gasteiger partial charge in [-0.25, -0.2) is 9.78 Å². The van der Waals surface area contributed by atoms with Crippen LogP contribution in [0, 0.1) is 0 Å². The van der Waals surface area contributed by atoms with Crippen LogP contribution in [0.3, 0.4) is 0 Å². The number of amides is 2. The number of anilines is 2. The number of benzene rings is 2. The Bertz CT molecular complexity index is 1040. The van der Waals surface area contributed by atoms with Crippen molar-refractivity contribution in [3.63, 3.8) is 0 Å². The number of pyridine rings is 1. The van der Waals surface area contributed by atoms with Gasteiger partial charge in [-0.05, 0) is 30.3 Å². The number of hydrogen-bond donors (Lipinski definition) is 1. The molecule has 8 heteroatoms. The molecule has 2 aromatic carbocycles. The molecule has 5 nitrogen and oxygen atoms in total. The average molecular weight is 385 g/mol. The zero-order valence-electron chi connectivity index (χ0n) is 14.4. The molecule has 2 heterocycles. The third-order valence-electron chi connectivity index (χ3n) is 4.27. The normalized spacial score (nSPS) is 13.0. The van der Waals surface area contributed by atoms with E-state index in [1.54, 1.807) is 36.4 Å². The quantitative estimate of drug-likeness (QED) is 0.606. The summed E-state index contributed by atoms with van der Waals surface area (Å²) in [5.41, 5.74) is -0.162. The van der Waals surface area contributed by atoms with Gasteiger partial charge in [0.1, 0.15) is 11.4 Å². The SMILES string of the molecule is O=C(Nc1ccccc1C(F)(F)F)N1Cc2ccccc2Oc2ncccc21. The summed E-state index contributed by atoms with van der Waals surface area (Å²) in [6.07, 6.45) is -3.07. The number of nitrogens with zero attached hydrogens (tertiary/aromatic N) is 2. The molecule has 0 saturated carbocycles. The lowest BCUT2D eigenvalue weighted by Crippen LogP contribution is -2.34. The highest BCUT2D eigenvalue weighted by Gasteiger charge is 2.34. The Labute approximate surface area is 158 Å². The molecular weight excluding hydrogens is 371 g/mol. The molecular formula is C20H14F3N3O2. The van der Waals surface area contributed by atoms with E-state index in [1.807, 2.05) is 0 Å². The van der Waals surface area contributed by atoms with E-state index in [1.165, 1.54) is 29.3 Å². The number of alkyl halides is 3. The first kappa shape index (κ1) is 17.8. The third kappa shape index (κ3) is 3.36. The van der Waals surface area contributed by atoms with E-state index >= 15 is 0 Å². The molecule has 4 rings (SSSR count). The molecule has 0 fully saturated rings. The van der Waals surface area contributed by atoms with E-state index in [9.17, 15) is 18.0 Å². The lowest BCUT2D eigenvalue weighted by molar-refractivity contribution is -0.136. The van der Waals surface area contributed by atoms with Crippen molar-refractivity contribution >= 4 is 17.4 Å². The van der Waals surface area contributed by atoms with Crippen LogP contribution in [0.2, 0.25) is 0 Å². The van der Waals surface area contributed by atoms with Crippen molar-refractivity contribution in [1.82, 2.24) is 4.98 Å². The van der Waals surface area contributed by atoms with Crippen molar-refractivity contribution < 1.29 is 22.7 Å². The summed E-state index contributed by atoms with van der Waals surface area (Å²) in [5, 5.41) is 2.37. The van der Waals surface area contributed by atoms with Gasteiger partial charge in [-0.2, -0.15) is 13.2 Å². The van der Waals surface area contributed by atoms with Crippen LogP contribution in [0.15, 0.2) is 66.9 Å². The molecule has 142 valence electrons. The number of rotatable bonds is 1. The highest BCUT2D eigenvalue weighted by atomic mass is 19.4. The monoisotopic (exact) mass is 385 g/mol. The predicted molar refractivity (Wildman–Crippen MR) is 97.4 cm³/mol. The van der Waals surface area contributed by atoms with Gasteiger partial charge in [-0.3, -0.25) is 4.90 Å². The lowest BCUT2D eigenvalue weighted by Gasteiger charge is -2.23. The smallest absolute Gasteiger partial charge is 0.418 e. The first-order valence-electron chi connectivity index (χ1n) is 8.39. The van der Waals surface area contributed by atoms with Crippen LogP contribution in [-0.2, 0) is 12.7 Å². The molecule has 1 N–H and O–H groups in total. The molecule has 1 aromatic heterocycles. The zero-order chi connectivity index (χ0) is 19.7. The largest absolute Gasteiger partial charge is 0.437 e. The third-order valence-corrected chi connectivity index (χ3v) is 4.27. The van der Waals surface area contributed by atoms with Crippen molar-refractivity contribution in [2.24, 2.45) is 0 Å². The van der Waals surface area contributed by atoms with E-state index in [0.717, 1.165) is 6.07 Å². The van der Waals surface area contributed by atoms with Gasteiger partial charge < -0.3 is 10.1 Å². The second-order valence-electron chi connectivity index (χ2n) is 6.10. The van der Waals surface area contributed by atoms with Crippen molar-refractivity contribution in [3.05, 3.63) is 78.0 Å². The number of aromatic nitrogens is 1. The number of nitrogens with one attached hydrogen (secondary N) is 1. The first-order chi connectivity index (χ1) is 13.4. The van der Waals surface area contributed by atoms with Crippen molar-refractivity contribution in [2.45, 2.75) is 12.7 Å². The summed E-state index contributed by atoms with van der Waals surface area (Å²) in [5.74, 6) is 0.736. The summed E-state index contributed by atoms with van der Waals surface area (Å²) in [6, 6.07) is 14.5. The number of para-hydroxylation sites is 2. The number of urea groups is 1. The molecule has 0 saturated heterocycles. The van der Waals surface area contributed by atoms with E-state index in [2.05, 4.69) is 10.3 Å². The van der Waals surface area contributed by atoms with Crippen LogP contribution in [0.25, 0.3) is 0 Å². The first-order valence-corrected chi connectivity index (χ1v) is 8.39. The Morgan fingerprint density at radius 2 is 1.79 bits per heavy atom. The van der Waals surface area contributed by atoms with Crippen molar-refractivity contribution in [2.75, 3.05) is 10.2 Å². The molecule has 0 atom stereocenters. The maximum atomic E-state index is 13.2. The minimum atomic E-state index is -4.59. The number of halogens is 3. The Balaban J connectivity index is 1.72. The Morgan fingerprint density at radius 1 is 1.04 bits per heavy atom. The summed E-state index contributed by atoms with van der Waals surface area (Å²) in [6.45, 7) is 0.120. The zero-order valence-corrected chi connectivity index (χ0v) is 14.4. The topological polar surface area (TPSA) is 54.5 Å². The highest BCUT2D eigenvalue weighted by Crippen LogP contribution is 2.38. The van der Waals surface area contributed by atoms with Gasteiger partial charge in [-0.1, -0.05) is 30.3 Å². The molecule has 0 aliphatic carbocycles. The fourth-order valence-electron chi connectivity index (χ4n) is 2.96.